The number of halogens is 1. The predicted octanol–water partition coefficient (Wildman–Crippen LogP) is 5.49. The predicted molar refractivity (Wildman–Crippen MR) is 110 cm³/mol. The van der Waals surface area contributed by atoms with E-state index in [-0.39, 0.29) is 6.67 Å². The molecule has 146 valence electrons. The lowest BCUT2D eigenvalue weighted by molar-refractivity contribution is 0.0970. The van der Waals surface area contributed by atoms with Crippen molar-refractivity contribution in [3.05, 3.63) is 29.8 Å². The van der Waals surface area contributed by atoms with Crippen molar-refractivity contribution >= 4 is 5.69 Å². The number of benzene rings is 1. The van der Waals surface area contributed by atoms with Crippen LogP contribution in [0.5, 0.6) is 0 Å². The number of rotatable bonds is 5. The van der Waals surface area contributed by atoms with Crippen molar-refractivity contribution in [1.82, 2.24) is 4.90 Å². The maximum atomic E-state index is 12.4. The third-order valence-electron chi connectivity index (χ3n) is 6.25. The number of hydrogen-bond donors (Lipinski definition) is 0. The quantitative estimate of drug-likeness (QED) is 0.685. The van der Waals surface area contributed by atoms with Gasteiger partial charge in [-0.1, -0.05) is 45.9 Å². The lowest BCUT2D eigenvalue weighted by Gasteiger charge is -2.46. The van der Waals surface area contributed by atoms with Gasteiger partial charge in [-0.3, -0.25) is 9.29 Å². The molecule has 0 bridgehead atoms. The third-order valence-corrected chi connectivity index (χ3v) is 6.25. The summed E-state index contributed by atoms with van der Waals surface area (Å²) in [5, 5.41) is 0. The number of para-hydroxylation sites is 1. The Bertz CT molecular complexity index is 572. The molecule has 0 unspecified atom stereocenters. The van der Waals surface area contributed by atoms with Gasteiger partial charge in [0, 0.05) is 38.4 Å². The summed E-state index contributed by atoms with van der Waals surface area (Å²) in [5.41, 5.74) is 3.80. The van der Waals surface area contributed by atoms with E-state index in [9.17, 15) is 4.39 Å². The number of hydrogen-bond acceptors (Lipinski definition) is 2. The summed E-state index contributed by atoms with van der Waals surface area (Å²) in [6, 6.07) is 9.09. The zero-order valence-electron chi connectivity index (χ0n) is 17.2. The summed E-state index contributed by atoms with van der Waals surface area (Å²) in [4.78, 5) is 4.97. The summed E-state index contributed by atoms with van der Waals surface area (Å²) in [6.45, 7) is 14.7. The second kappa shape index (κ2) is 7.88. The molecular formula is C23H37FN2. The highest BCUT2D eigenvalue weighted by Crippen LogP contribution is 2.53. The lowest BCUT2D eigenvalue weighted by atomic mass is 9.60. The van der Waals surface area contributed by atoms with Crippen molar-refractivity contribution in [3.8, 4) is 0 Å². The van der Waals surface area contributed by atoms with Crippen LogP contribution < -0.4 is 4.90 Å². The Morgan fingerprint density at radius 1 is 0.962 bits per heavy atom. The van der Waals surface area contributed by atoms with Gasteiger partial charge in [0.25, 0.3) is 0 Å². The van der Waals surface area contributed by atoms with E-state index in [1.165, 1.54) is 24.9 Å². The van der Waals surface area contributed by atoms with Crippen LogP contribution in [0.1, 0.15) is 64.9 Å². The van der Waals surface area contributed by atoms with E-state index in [1.54, 1.807) is 5.56 Å². The molecule has 1 aromatic rings. The zero-order valence-corrected chi connectivity index (χ0v) is 17.2. The Kier molecular flexibility index (Phi) is 5.96. The van der Waals surface area contributed by atoms with Crippen molar-refractivity contribution in [1.29, 1.82) is 0 Å². The first-order valence-corrected chi connectivity index (χ1v) is 10.4. The Hall–Kier alpha value is -1.09. The summed E-state index contributed by atoms with van der Waals surface area (Å²) < 4.78 is 12.4. The zero-order chi connectivity index (χ0) is 18.8. The molecule has 0 atom stereocenters. The topological polar surface area (TPSA) is 6.48 Å². The molecular weight excluding hydrogens is 323 g/mol. The second-order valence-electron chi connectivity index (χ2n) is 10.0. The fourth-order valence-corrected chi connectivity index (χ4v) is 5.68. The molecule has 1 saturated heterocycles. The normalized spacial score (nSPS) is 24.0. The van der Waals surface area contributed by atoms with E-state index < -0.39 is 0 Å². The molecule has 1 heterocycles. The molecule has 3 heteroatoms. The SMILES string of the molecule is CC1(C)CC(c2ccccc2N2CCN(CCCF)CC2)CC(C)(C)C1. The highest BCUT2D eigenvalue weighted by molar-refractivity contribution is 5.56. The summed E-state index contributed by atoms with van der Waals surface area (Å²) in [6.07, 6.45) is 4.54. The maximum Gasteiger partial charge on any atom is 0.0906 e. The van der Waals surface area contributed by atoms with Crippen LogP contribution in [0.3, 0.4) is 0 Å². The summed E-state index contributed by atoms with van der Waals surface area (Å²) in [5.74, 6) is 0.648. The molecule has 0 N–H and O–H groups in total. The molecule has 0 aromatic heterocycles. The molecule has 2 aliphatic rings. The van der Waals surface area contributed by atoms with Crippen molar-refractivity contribution in [2.75, 3.05) is 44.3 Å². The highest BCUT2D eigenvalue weighted by Gasteiger charge is 2.39. The van der Waals surface area contributed by atoms with E-state index in [0.29, 0.717) is 23.2 Å². The van der Waals surface area contributed by atoms with Crippen LogP contribution in [0, 0.1) is 10.8 Å². The van der Waals surface area contributed by atoms with Crippen molar-refractivity contribution in [2.45, 2.75) is 59.3 Å². The fraction of sp³-hybridized carbons (Fsp3) is 0.739. The molecule has 1 aliphatic heterocycles. The Balaban J connectivity index is 1.75. The molecule has 26 heavy (non-hydrogen) atoms. The smallest absolute Gasteiger partial charge is 0.0906 e. The van der Waals surface area contributed by atoms with E-state index in [4.69, 9.17) is 0 Å². The third kappa shape index (κ3) is 4.79. The molecule has 0 spiro atoms. The van der Waals surface area contributed by atoms with Crippen molar-refractivity contribution in [2.24, 2.45) is 10.8 Å². The van der Waals surface area contributed by atoms with Crippen LogP contribution in [0.4, 0.5) is 10.1 Å². The van der Waals surface area contributed by atoms with Gasteiger partial charge in [0.05, 0.1) is 6.67 Å². The van der Waals surface area contributed by atoms with Crippen molar-refractivity contribution < 1.29 is 4.39 Å². The molecule has 0 amide bonds. The van der Waals surface area contributed by atoms with E-state index in [2.05, 4.69) is 61.8 Å². The molecule has 1 aliphatic carbocycles. The van der Waals surface area contributed by atoms with Crippen LogP contribution in [0.2, 0.25) is 0 Å². The lowest BCUT2D eigenvalue weighted by Crippen LogP contribution is -2.47. The Labute approximate surface area is 159 Å². The first kappa shape index (κ1) is 19.7. The molecule has 1 saturated carbocycles. The first-order valence-electron chi connectivity index (χ1n) is 10.4. The molecule has 2 nitrogen and oxygen atoms in total. The van der Waals surface area contributed by atoms with Gasteiger partial charge in [0.1, 0.15) is 0 Å². The Morgan fingerprint density at radius 2 is 1.58 bits per heavy atom. The van der Waals surface area contributed by atoms with Gasteiger partial charge in [0.2, 0.25) is 0 Å². The van der Waals surface area contributed by atoms with Crippen LogP contribution in [-0.2, 0) is 0 Å². The number of piperazine rings is 1. The maximum absolute atomic E-state index is 12.4. The summed E-state index contributed by atoms with van der Waals surface area (Å²) in [7, 11) is 0. The average Bonchev–Trinajstić information content (AvgIpc) is 2.58. The first-order chi connectivity index (χ1) is 12.3. The van der Waals surface area contributed by atoms with Gasteiger partial charge >= 0.3 is 0 Å². The Morgan fingerprint density at radius 3 is 2.19 bits per heavy atom. The van der Waals surface area contributed by atoms with E-state index in [0.717, 1.165) is 32.7 Å². The van der Waals surface area contributed by atoms with Crippen LogP contribution in [0.25, 0.3) is 0 Å². The fourth-order valence-electron chi connectivity index (χ4n) is 5.68. The van der Waals surface area contributed by atoms with Crippen molar-refractivity contribution in [3.63, 3.8) is 0 Å². The largest absolute Gasteiger partial charge is 0.369 e. The van der Waals surface area contributed by atoms with Crippen LogP contribution in [-0.4, -0.2) is 44.3 Å². The number of alkyl halides is 1. The second-order valence-corrected chi connectivity index (χ2v) is 10.0. The monoisotopic (exact) mass is 360 g/mol. The summed E-state index contributed by atoms with van der Waals surface area (Å²) >= 11 is 0. The minimum atomic E-state index is -0.198. The average molecular weight is 361 g/mol. The van der Waals surface area contributed by atoms with Gasteiger partial charge in [-0.05, 0) is 54.1 Å². The van der Waals surface area contributed by atoms with Crippen LogP contribution >= 0.6 is 0 Å². The number of anilines is 1. The van der Waals surface area contributed by atoms with E-state index in [1.807, 2.05) is 0 Å². The highest BCUT2D eigenvalue weighted by atomic mass is 19.1. The van der Waals surface area contributed by atoms with Gasteiger partial charge in [-0.2, -0.15) is 0 Å². The van der Waals surface area contributed by atoms with Gasteiger partial charge in [-0.25, -0.2) is 0 Å². The van der Waals surface area contributed by atoms with Gasteiger partial charge < -0.3 is 4.90 Å². The molecule has 3 rings (SSSR count). The molecule has 0 radical (unpaired) electrons. The molecule has 1 aromatic carbocycles. The van der Waals surface area contributed by atoms with Gasteiger partial charge in [0.15, 0.2) is 0 Å². The minimum absolute atomic E-state index is 0.198. The van der Waals surface area contributed by atoms with Gasteiger partial charge in [-0.15, -0.1) is 0 Å². The molecule has 2 fully saturated rings. The van der Waals surface area contributed by atoms with Crippen LogP contribution in [0.15, 0.2) is 24.3 Å². The number of nitrogens with zero attached hydrogens (tertiary/aromatic N) is 2. The minimum Gasteiger partial charge on any atom is -0.369 e. The standard InChI is InChI=1S/C23H37FN2/c1-22(2)16-19(17-23(3,4)18-22)20-8-5-6-9-21(20)26-14-12-25(13-15-26)11-7-10-24/h5-6,8-9,19H,7,10-18H2,1-4H3. The van der Waals surface area contributed by atoms with E-state index >= 15 is 0 Å².